The lowest BCUT2D eigenvalue weighted by Crippen LogP contribution is -2.60. The maximum Gasteiger partial charge on any atom is 0.256 e. The molecule has 36 heavy (non-hydrogen) atoms. The van der Waals surface area contributed by atoms with E-state index in [2.05, 4.69) is 5.32 Å². The quantitative estimate of drug-likeness (QED) is 0.695. The monoisotopic (exact) mass is 491 g/mol. The topological polar surface area (TPSA) is 88.2 Å². The van der Waals surface area contributed by atoms with Gasteiger partial charge in [0.25, 0.3) is 11.8 Å². The first kappa shape index (κ1) is 24.5. The first-order valence-electron chi connectivity index (χ1n) is 12.8. The van der Waals surface area contributed by atoms with Crippen LogP contribution in [0.2, 0.25) is 0 Å². The van der Waals surface area contributed by atoms with Crippen molar-refractivity contribution in [2.75, 3.05) is 32.8 Å². The smallest absolute Gasteiger partial charge is 0.256 e. The molecule has 0 aromatic heterocycles. The largest absolute Gasteiger partial charge is 0.376 e. The third-order valence-electron chi connectivity index (χ3n) is 7.54. The fourth-order valence-corrected chi connectivity index (χ4v) is 5.47. The number of nitrogens with one attached hydrogen (secondary N) is 1. The van der Waals surface area contributed by atoms with Crippen molar-refractivity contribution in [3.05, 3.63) is 71.3 Å². The molecule has 0 radical (unpaired) electrons. The molecule has 0 bridgehead atoms. The minimum absolute atomic E-state index is 0.0131. The summed E-state index contributed by atoms with van der Waals surface area (Å²) in [6.07, 6.45) is 2.81. The second kappa shape index (κ2) is 10.4. The highest BCUT2D eigenvalue weighted by atomic mass is 16.5. The molecule has 2 atom stereocenters. The average Bonchev–Trinajstić information content (AvgIpc) is 3.56. The Hall–Kier alpha value is -3.23. The fraction of sp³-hybridized carbons (Fsp3) is 0.464. The summed E-state index contributed by atoms with van der Waals surface area (Å²) in [5.41, 5.74) is 1.20. The van der Waals surface area contributed by atoms with Gasteiger partial charge in [0.1, 0.15) is 11.8 Å². The van der Waals surface area contributed by atoms with Crippen LogP contribution in [0.3, 0.4) is 0 Å². The molecule has 0 aliphatic carbocycles. The van der Waals surface area contributed by atoms with Crippen molar-refractivity contribution in [2.45, 2.75) is 50.5 Å². The van der Waals surface area contributed by atoms with Gasteiger partial charge in [-0.25, -0.2) is 0 Å². The lowest BCUT2D eigenvalue weighted by Gasteiger charge is -2.44. The Labute approximate surface area is 211 Å². The van der Waals surface area contributed by atoms with Crippen molar-refractivity contribution in [1.82, 2.24) is 15.1 Å². The molecule has 5 rings (SSSR count). The molecule has 2 aromatic carbocycles. The SMILES string of the molecule is Cc1ccccc1C(=O)N1CCC2(CC1)OC[C@H](C(=O)NC[C@H]1CCCO1)N2C(=O)c1ccccc1. The fourth-order valence-electron chi connectivity index (χ4n) is 5.47. The van der Waals surface area contributed by atoms with Gasteiger partial charge in [-0.2, -0.15) is 0 Å². The van der Waals surface area contributed by atoms with Crippen molar-refractivity contribution < 1.29 is 23.9 Å². The number of piperidine rings is 1. The highest BCUT2D eigenvalue weighted by molar-refractivity contribution is 5.99. The number of hydrogen-bond donors (Lipinski definition) is 1. The molecule has 8 heteroatoms. The molecule has 3 aliphatic rings. The molecule has 190 valence electrons. The normalized spacial score (nSPS) is 23.1. The van der Waals surface area contributed by atoms with Gasteiger partial charge in [0.2, 0.25) is 5.91 Å². The zero-order valence-electron chi connectivity index (χ0n) is 20.7. The molecule has 3 amide bonds. The first-order valence-corrected chi connectivity index (χ1v) is 12.8. The van der Waals surface area contributed by atoms with E-state index in [1.165, 1.54) is 0 Å². The Morgan fingerprint density at radius 3 is 2.42 bits per heavy atom. The Kier molecular flexibility index (Phi) is 7.07. The molecular formula is C28H33N3O5. The van der Waals surface area contributed by atoms with Crippen molar-refractivity contribution in [1.29, 1.82) is 0 Å². The summed E-state index contributed by atoms with van der Waals surface area (Å²) in [6, 6.07) is 15.8. The van der Waals surface area contributed by atoms with Gasteiger partial charge < -0.3 is 19.7 Å². The van der Waals surface area contributed by atoms with E-state index in [0.29, 0.717) is 50.2 Å². The summed E-state index contributed by atoms with van der Waals surface area (Å²) in [4.78, 5) is 43.6. The summed E-state index contributed by atoms with van der Waals surface area (Å²) in [5.74, 6) is -0.484. The van der Waals surface area contributed by atoms with Gasteiger partial charge >= 0.3 is 0 Å². The summed E-state index contributed by atoms with van der Waals surface area (Å²) in [6.45, 7) is 4.08. The number of likely N-dealkylation sites (tertiary alicyclic amines) is 1. The van der Waals surface area contributed by atoms with Crippen LogP contribution in [-0.2, 0) is 14.3 Å². The van der Waals surface area contributed by atoms with Crippen LogP contribution in [0.25, 0.3) is 0 Å². The molecule has 3 saturated heterocycles. The molecule has 8 nitrogen and oxygen atoms in total. The minimum Gasteiger partial charge on any atom is -0.376 e. The highest BCUT2D eigenvalue weighted by Crippen LogP contribution is 2.39. The molecule has 2 aromatic rings. The maximum atomic E-state index is 13.7. The third kappa shape index (κ3) is 4.75. The second-order valence-electron chi connectivity index (χ2n) is 9.80. The minimum atomic E-state index is -0.929. The van der Waals surface area contributed by atoms with Gasteiger partial charge in [-0.3, -0.25) is 19.3 Å². The zero-order valence-corrected chi connectivity index (χ0v) is 20.7. The second-order valence-corrected chi connectivity index (χ2v) is 9.80. The Morgan fingerprint density at radius 1 is 1.00 bits per heavy atom. The van der Waals surface area contributed by atoms with Crippen LogP contribution in [0.15, 0.2) is 54.6 Å². The molecular weight excluding hydrogens is 458 g/mol. The molecule has 0 unspecified atom stereocenters. The van der Waals surface area contributed by atoms with E-state index in [0.717, 1.165) is 18.4 Å². The van der Waals surface area contributed by atoms with Gasteiger partial charge in [0.05, 0.1) is 12.7 Å². The molecule has 3 heterocycles. The summed E-state index contributed by atoms with van der Waals surface area (Å²) in [7, 11) is 0. The van der Waals surface area contributed by atoms with E-state index in [-0.39, 0.29) is 30.4 Å². The Bertz CT molecular complexity index is 1110. The lowest BCUT2D eigenvalue weighted by atomic mass is 9.95. The van der Waals surface area contributed by atoms with E-state index in [9.17, 15) is 14.4 Å². The van der Waals surface area contributed by atoms with Crippen molar-refractivity contribution in [2.24, 2.45) is 0 Å². The first-order chi connectivity index (χ1) is 17.5. The van der Waals surface area contributed by atoms with Crippen LogP contribution in [0, 0.1) is 6.92 Å². The van der Waals surface area contributed by atoms with Crippen LogP contribution in [0.4, 0.5) is 0 Å². The molecule has 3 fully saturated rings. The van der Waals surface area contributed by atoms with Crippen LogP contribution in [-0.4, -0.2) is 78.2 Å². The number of aryl methyl sites for hydroxylation is 1. The van der Waals surface area contributed by atoms with E-state index in [1.54, 1.807) is 17.0 Å². The number of amides is 3. The lowest BCUT2D eigenvalue weighted by molar-refractivity contribution is -0.128. The summed E-state index contributed by atoms with van der Waals surface area (Å²) in [5, 5.41) is 2.98. The van der Waals surface area contributed by atoms with Gasteiger partial charge in [-0.05, 0) is 43.5 Å². The summed E-state index contributed by atoms with van der Waals surface area (Å²) >= 11 is 0. The maximum absolute atomic E-state index is 13.7. The summed E-state index contributed by atoms with van der Waals surface area (Å²) < 4.78 is 11.9. The Balaban J connectivity index is 1.34. The molecule has 0 saturated carbocycles. The third-order valence-corrected chi connectivity index (χ3v) is 7.54. The van der Waals surface area contributed by atoms with Gasteiger partial charge in [-0.15, -0.1) is 0 Å². The molecule has 1 spiro atoms. The highest BCUT2D eigenvalue weighted by Gasteiger charge is 2.54. The van der Waals surface area contributed by atoms with Crippen molar-refractivity contribution in [3.8, 4) is 0 Å². The van der Waals surface area contributed by atoms with E-state index >= 15 is 0 Å². The van der Waals surface area contributed by atoms with Crippen LogP contribution >= 0.6 is 0 Å². The van der Waals surface area contributed by atoms with Gasteiger partial charge in [0.15, 0.2) is 0 Å². The van der Waals surface area contributed by atoms with Gasteiger partial charge in [-0.1, -0.05) is 36.4 Å². The predicted molar refractivity (Wildman–Crippen MR) is 133 cm³/mol. The number of hydrogen-bond acceptors (Lipinski definition) is 5. The van der Waals surface area contributed by atoms with Crippen LogP contribution in [0.5, 0.6) is 0 Å². The number of rotatable bonds is 5. The van der Waals surface area contributed by atoms with Crippen LogP contribution in [0.1, 0.15) is 52.0 Å². The van der Waals surface area contributed by atoms with Crippen molar-refractivity contribution >= 4 is 17.7 Å². The van der Waals surface area contributed by atoms with E-state index in [4.69, 9.17) is 9.47 Å². The van der Waals surface area contributed by atoms with Crippen LogP contribution < -0.4 is 5.32 Å². The Morgan fingerprint density at radius 2 is 1.72 bits per heavy atom. The number of nitrogens with zero attached hydrogens (tertiary/aromatic N) is 2. The number of carbonyl (C=O) groups is 3. The average molecular weight is 492 g/mol. The molecule has 1 N–H and O–H groups in total. The zero-order chi connectivity index (χ0) is 25.1. The number of benzene rings is 2. The van der Waals surface area contributed by atoms with E-state index < -0.39 is 11.8 Å². The number of carbonyl (C=O) groups excluding carboxylic acids is 3. The number of ether oxygens (including phenoxy) is 2. The predicted octanol–water partition coefficient (Wildman–Crippen LogP) is 2.76. The van der Waals surface area contributed by atoms with Crippen molar-refractivity contribution in [3.63, 3.8) is 0 Å². The standard InChI is InChI=1S/C28H33N3O5/c1-20-8-5-6-12-23(20)27(34)30-15-13-28(14-16-30)31(26(33)21-9-3-2-4-10-21)24(19-36-28)25(32)29-18-22-11-7-17-35-22/h2-6,8-10,12,22,24H,7,11,13-19H2,1H3,(H,29,32)/t22-,24-/m1/s1. The van der Waals surface area contributed by atoms with E-state index in [1.807, 2.05) is 54.3 Å². The van der Waals surface area contributed by atoms with Gasteiger partial charge in [0, 0.05) is 50.2 Å². The molecule has 3 aliphatic heterocycles.